The van der Waals surface area contributed by atoms with Gasteiger partial charge in [-0.05, 0) is 80.2 Å². The molecule has 11 heteroatoms. The first-order chi connectivity index (χ1) is 21.0. The Morgan fingerprint density at radius 2 is 1.75 bits per heavy atom. The number of nitrogens with zero attached hydrogens (tertiary/aromatic N) is 3. The van der Waals surface area contributed by atoms with Crippen LogP contribution in [0.1, 0.15) is 29.0 Å². The second-order valence-electron chi connectivity index (χ2n) is 11.1. The number of hydrogen-bond acceptors (Lipinski definition) is 7. The minimum atomic E-state index is -4.92. The summed E-state index contributed by atoms with van der Waals surface area (Å²) in [5.74, 6) is -1.80. The van der Waals surface area contributed by atoms with E-state index in [-0.39, 0.29) is 17.9 Å². The Labute approximate surface area is 253 Å². The number of ether oxygens (including phenoxy) is 3. The molecule has 7 nitrogen and oxygen atoms in total. The van der Waals surface area contributed by atoms with E-state index < -0.39 is 29.4 Å². The third-order valence-electron chi connectivity index (χ3n) is 7.84. The zero-order valence-electron chi connectivity index (χ0n) is 24.8. The lowest BCUT2D eigenvalue weighted by molar-refractivity contribution is -0.274. The van der Waals surface area contributed by atoms with Crippen molar-refractivity contribution in [2.45, 2.75) is 24.3 Å². The van der Waals surface area contributed by atoms with Crippen LogP contribution in [0.25, 0.3) is 10.9 Å². The van der Waals surface area contributed by atoms with Crippen LogP contribution in [-0.4, -0.2) is 75.4 Å². The molecule has 1 aromatic heterocycles. The molecule has 4 aromatic rings. The van der Waals surface area contributed by atoms with Gasteiger partial charge in [-0.3, -0.25) is 0 Å². The van der Waals surface area contributed by atoms with Crippen molar-refractivity contribution in [3.8, 4) is 11.6 Å². The molecule has 0 bridgehead atoms. The molecule has 0 amide bonds. The molecule has 1 saturated heterocycles. The molecule has 44 heavy (non-hydrogen) atoms. The number of methoxy groups -OCH3 is 1. The van der Waals surface area contributed by atoms with Crippen molar-refractivity contribution in [3.05, 3.63) is 95.3 Å². The van der Waals surface area contributed by atoms with Gasteiger partial charge in [0.2, 0.25) is 5.88 Å². The van der Waals surface area contributed by atoms with Gasteiger partial charge in [-0.2, -0.15) is 0 Å². The van der Waals surface area contributed by atoms with Gasteiger partial charge in [0, 0.05) is 42.2 Å². The summed E-state index contributed by atoms with van der Waals surface area (Å²) < 4.78 is 69.9. The molecule has 0 radical (unpaired) electrons. The monoisotopic (exact) mass is 613 g/mol. The number of halogens is 4. The molecule has 0 saturated carbocycles. The van der Waals surface area contributed by atoms with E-state index in [9.17, 15) is 22.7 Å². The maximum Gasteiger partial charge on any atom is 0.573 e. The molecule has 1 aliphatic heterocycles. The summed E-state index contributed by atoms with van der Waals surface area (Å²) in [5.41, 5.74) is 0.789. The molecule has 0 aliphatic carbocycles. The first-order valence-electron chi connectivity index (χ1n) is 14.3. The smallest absolute Gasteiger partial charge is 0.481 e. The highest BCUT2D eigenvalue weighted by atomic mass is 19.4. The number of morpholine rings is 1. The van der Waals surface area contributed by atoms with Crippen LogP contribution in [0.4, 0.5) is 23.2 Å². The number of pyridine rings is 1. The third kappa shape index (κ3) is 7.06. The quantitative estimate of drug-likeness (QED) is 0.217. The topological polar surface area (TPSA) is 67.3 Å². The van der Waals surface area contributed by atoms with Crippen molar-refractivity contribution in [2.75, 3.05) is 59.0 Å². The van der Waals surface area contributed by atoms with Gasteiger partial charge >= 0.3 is 6.36 Å². The SMILES string of the molecule is COc1nc2ccc(N3CCOCC3)cc2cc1C(c1cccc(F)c1)C(O)(CCN(C)C)c1cccc(OC(F)(F)F)c1. The second-order valence-corrected chi connectivity index (χ2v) is 11.1. The Bertz CT molecular complexity index is 1590. The fourth-order valence-corrected chi connectivity index (χ4v) is 5.76. The number of benzene rings is 3. The Morgan fingerprint density at radius 1 is 1.00 bits per heavy atom. The van der Waals surface area contributed by atoms with E-state index in [1.807, 2.05) is 43.3 Å². The van der Waals surface area contributed by atoms with Crippen molar-refractivity contribution in [1.29, 1.82) is 0 Å². The normalized spacial score (nSPS) is 16.2. The summed E-state index contributed by atoms with van der Waals surface area (Å²) in [4.78, 5) is 8.82. The Balaban J connectivity index is 1.74. The summed E-state index contributed by atoms with van der Waals surface area (Å²) in [7, 11) is 5.11. The highest BCUT2D eigenvalue weighted by Gasteiger charge is 2.43. The minimum Gasteiger partial charge on any atom is -0.481 e. The third-order valence-corrected chi connectivity index (χ3v) is 7.84. The fourth-order valence-electron chi connectivity index (χ4n) is 5.76. The van der Waals surface area contributed by atoms with Crippen LogP contribution < -0.4 is 14.4 Å². The summed E-state index contributed by atoms with van der Waals surface area (Å²) in [6.45, 7) is 3.05. The number of hydrogen-bond donors (Lipinski definition) is 1. The van der Waals surface area contributed by atoms with Crippen LogP contribution in [0, 0.1) is 5.82 Å². The van der Waals surface area contributed by atoms with E-state index in [4.69, 9.17) is 14.5 Å². The molecule has 1 aliphatic rings. The number of fused-ring (bicyclic) bond motifs is 1. The van der Waals surface area contributed by atoms with Crippen molar-refractivity contribution < 1.29 is 36.9 Å². The number of aromatic nitrogens is 1. The zero-order valence-corrected chi connectivity index (χ0v) is 24.8. The van der Waals surface area contributed by atoms with Crippen LogP contribution >= 0.6 is 0 Å². The molecule has 0 spiro atoms. The predicted molar refractivity (Wildman–Crippen MR) is 160 cm³/mol. The molecule has 2 atom stereocenters. The van der Waals surface area contributed by atoms with E-state index in [2.05, 4.69) is 9.64 Å². The van der Waals surface area contributed by atoms with E-state index in [0.29, 0.717) is 36.4 Å². The van der Waals surface area contributed by atoms with Gasteiger partial charge in [-0.15, -0.1) is 13.2 Å². The summed E-state index contributed by atoms with van der Waals surface area (Å²) >= 11 is 0. The van der Waals surface area contributed by atoms with Crippen molar-refractivity contribution in [3.63, 3.8) is 0 Å². The maximum atomic E-state index is 14.8. The lowest BCUT2D eigenvalue weighted by Crippen LogP contribution is -2.38. The Hall–Kier alpha value is -3.93. The molecule has 5 rings (SSSR count). The maximum absolute atomic E-state index is 14.8. The summed E-state index contributed by atoms with van der Waals surface area (Å²) in [5, 5.41) is 13.5. The van der Waals surface area contributed by atoms with Gasteiger partial charge in [0.1, 0.15) is 17.2 Å². The first-order valence-corrected chi connectivity index (χ1v) is 14.3. The second kappa shape index (κ2) is 13.0. The van der Waals surface area contributed by atoms with Crippen molar-refractivity contribution in [1.82, 2.24) is 9.88 Å². The minimum absolute atomic E-state index is 0.0751. The van der Waals surface area contributed by atoms with Gasteiger partial charge in [0.15, 0.2) is 0 Å². The molecule has 1 N–H and O–H groups in total. The Kier molecular flexibility index (Phi) is 9.28. The van der Waals surface area contributed by atoms with Gasteiger partial charge in [-0.1, -0.05) is 24.3 Å². The summed E-state index contributed by atoms with van der Waals surface area (Å²) in [6.07, 6.45) is -4.85. The van der Waals surface area contributed by atoms with E-state index in [1.165, 1.54) is 43.5 Å². The van der Waals surface area contributed by atoms with Crippen LogP contribution in [0.15, 0.2) is 72.8 Å². The molecular weight excluding hydrogens is 578 g/mol. The predicted octanol–water partition coefficient (Wildman–Crippen LogP) is 6.09. The van der Waals surface area contributed by atoms with Gasteiger partial charge in [0.25, 0.3) is 0 Å². The van der Waals surface area contributed by atoms with E-state index >= 15 is 0 Å². The van der Waals surface area contributed by atoms with Gasteiger partial charge in [-0.25, -0.2) is 9.37 Å². The number of alkyl halides is 3. The van der Waals surface area contributed by atoms with E-state index in [0.717, 1.165) is 24.2 Å². The molecule has 234 valence electrons. The van der Waals surface area contributed by atoms with Crippen molar-refractivity contribution in [2.24, 2.45) is 0 Å². The molecular formula is C33H35F4N3O4. The standard InChI is InChI=1S/C33H35F4N3O4/c1-39(2)13-12-32(41,24-7-5-9-27(21-24)44-33(35,36)37)30(22-6-4-8-25(34)18-22)28-20-23-19-26(40-14-16-43-17-15-40)10-11-29(23)38-31(28)42-3/h4-11,18-21,30,41H,12-17H2,1-3H3. The van der Waals surface area contributed by atoms with Gasteiger partial charge in [0.05, 0.1) is 25.8 Å². The molecule has 1 fully saturated rings. The van der Waals surface area contributed by atoms with E-state index in [1.54, 1.807) is 12.1 Å². The van der Waals surface area contributed by atoms with Crippen LogP contribution in [0.5, 0.6) is 11.6 Å². The first kappa shape index (κ1) is 31.5. The average molecular weight is 614 g/mol. The van der Waals surface area contributed by atoms with Crippen LogP contribution in [0.3, 0.4) is 0 Å². The fraction of sp³-hybridized carbons (Fsp3) is 0.364. The lowest BCUT2D eigenvalue weighted by atomic mass is 9.71. The molecule has 2 heterocycles. The molecule has 3 aromatic carbocycles. The summed E-state index contributed by atoms with van der Waals surface area (Å²) in [6, 6.07) is 18.8. The number of anilines is 1. The lowest BCUT2D eigenvalue weighted by Gasteiger charge is -2.39. The van der Waals surface area contributed by atoms with Crippen molar-refractivity contribution >= 4 is 16.6 Å². The largest absolute Gasteiger partial charge is 0.573 e. The zero-order chi connectivity index (χ0) is 31.5. The Morgan fingerprint density at radius 3 is 2.43 bits per heavy atom. The van der Waals surface area contributed by atoms with Crippen LogP contribution in [0.2, 0.25) is 0 Å². The highest BCUT2D eigenvalue weighted by molar-refractivity contribution is 5.84. The molecule has 2 unspecified atom stereocenters. The highest BCUT2D eigenvalue weighted by Crippen LogP contribution is 2.48. The average Bonchev–Trinajstić information content (AvgIpc) is 2.99. The van der Waals surface area contributed by atoms with Crippen LogP contribution in [-0.2, 0) is 10.3 Å². The van der Waals surface area contributed by atoms with Gasteiger partial charge < -0.3 is 29.1 Å². The number of aliphatic hydroxyl groups is 1. The number of rotatable bonds is 10.